The lowest BCUT2D eigenvalue weighted by Gasteiger charge is -2.37. The summed E-state index contributed by atoms with van der Waals surface area (Å²) in [5.74, 6) is -0.0128. The third-order valence-electron chi connectivity index (χ3n) is 5.80. The van der Waals surface area contributed by atoms with Crippen LogP contribution in [0, 0.1) is 5.92 Å². The quantitative estimate of drug-likeness (QED) is 0.705. The summed E-state index contributed by atoms with van der Waals surface area (Å²) in [5, 5.41) is 2.81. The van der Waals surface area contributed by atoms with Gasteiger partial charge in [0.2, 0.25) is 5.91 Å². The van der Waals surface area contributed by atoms with Gasteiger partial charge in [-0.1, -0.05) is 50.6 Å². The van der Waals surface area contributed by atoms with Crippen molar-refractivity contribution in [1.29, 1.82) is 0 Å². The van der Waals surface area contributed by atoms with Crippen LogP contribution in [-0.4, -0.2) is 59.0 Å². The molecular formula is C24H32N4O3. The van der Waals surface area contributed by atoms with Crippen molar-refractivity contribution in [2.24, 2.45) is 5.92 Å². The van der Waals surface area contributed by atoms with Crippen LogP contribution in [0.1, 0.15) is 31.4 Å². The molecule has 0 aliphatic carbocycles. The summed E-state index contributed by atoms with van der Waals surface area (Å²) in [5.41, 5.74) is 2.13. The highest BCUT2D eigenvalue weighted by Crippen LogP contribution is 2.15. The van der Waals surface area contributed by atoms with Crippen LogP contribution in [0.3, 0.4) is 0 Å². The number of hydrogen-bond acceptors (Lipinski definition) is 5. The van der Waals surface area contributed by atoms with Crippen LogP contribution in [0.4, 0.5) is 4.79 Å². The Bertz CT molecular complexity index is 823. The maximum absolute atomic E-state index is 13.2. The lowest BCUT2D eigenvalue weighted by atomic mass is 9.97. The van der Waals surface area contributed by atoms with Crippen LogP contribution in [0.25, 0.3) is 0 Å². The second-order valence-electron chi connectivity index (χ2n) is 8.03. The number of piperazine rings is 1. The number of benzene rings is 1. The zero-order valence-corrected chi connectivity index (χ0v) is 18.4. The lowest BCUT2D eigenvalue weighted by Crippen LogP contribution is -2.56. The lowest BCUT2D eigenvalue weighted by molar-refractivity contribution is -0.136. The van der Waals surface area contributed by atoms with Crippen molar-refractivity contribution in [3.8, 4) is 0 Å². The van der Waals surface area contributed by atoms with Crippen molar-refractivity contribution >= 4 is 12.0 Å². The van der Waals surface area contributed by atoms with Gasteiger partial charge in [-0.15, -0.1) is 0 Å². The summed E-state index contributed by atoms with van der Waals surface area (Å²) in [4.78, 5) is 33.8. The fourth-order valence-corrected chi connectivity index (χ4v) is 3.64. The zero-order chi connectivity index (χ0) is 22.1. The molecule has 0 spiro atoms. The first-order chi connectivity index (χ1) is 15.1. The molecule has 1 aromatic carbocycles. The molecule has 1 aromatic heterocycles. The summed E-state index contributed by atoms with van der Waals surface area (Å²) < 4.78 is 5.34. The maximum atomic E-state index is 13.2. The molecule has 1 fully saturated rings. The van der Waals surface area contributed by atoms with E-state index in [1.807, 2.05) is 61.2 Å². The van der Waals surface area contributed by atoms with E-state index in [2.05, 4.69) is 15.2 Å². The average molecular weight is 425 g/mol. The van der Waals surface area contributed by atoms with Crippen LogP contribution < -0.4 is 5.32 Å². The van der Waals surface area contributed by atoms with Gasteiger partial charge in [0.25, 0.3) is 0 Å². The molecule has 2 atom stereocenters. The number of hydrogen-bond donors (Lipinski definition) is 1. The monoisotopic (exact) mass is 424 g/mol. The highest BCUT2D eigenvalue weighted by Gasteiger charge is 2.32. The van der Waals surface area contributed by atoms with Crippen LogP contribution in [-0.2, 0) is 22.7 Å². The molecule has 2 amide bonds. The van der Waals surface area contributed by atoms with E-state index >= 15 is 0 Å². The number of nitrogens with zero attached hydrogens (tertiary/aromatic N) is 3. The summed E-state index contributed by atoms with van der Waals surface area (Å²) in [6.45, 7) is 7.95. The Morgan fingerprint density at radius 3 is 2.35 bits per heavy atom. The number of alkyl carbamates (subject to hydrolysis) is 1. The number of aromatic nitrogens is 1. The SMILES string of the molecule is CC[C@H](C)[C@H](NC(=O)OCc1ccccc1)C(=O)N1CCN(Cc2ccncc2)CC1. The molecule has 1 aliphatic rings. The second-order valence-corrected chi connectivity index (χ2v) is 8.03. The van der Waals surface area contributed by atoms with Gasteiger partial charge in [0.1, 0.15) is 12.6 Å². The Morgan fingerprint density at radius 1 is 1.03 bits per heavy atom. The van der Waals surface area contributed by atoms with Gasteiger partial charge in [-0.05, 0) is 29.2 Å². The number of carbonyl (C=O) groups is 2. The molecule has 1 N–H and O–H groups in total. The van der Waals surface area contributed by atoms with E-state index in [1.165, 1.54) is 5.56 Å². The van der Waals surface area contributed by atoms with E-state index in [9.17, 15) is 9.59 Å². The Labute approximate surface area is 184 Å². The van der Waals surface area contributed by atoms with Gasteiger partial charge in [-0.3, -0.25) is 14.7 Å². The Balaban J connectivity index is 1.51. The third kappa shape index (κ3) is 6.79. The minimum Gasteiger partial charge on any atom is -0.445 e. The van der Waals surface area contributed by atoms with Gasteiger partial charge in [0.05, 0.1) is 0 Å². The van der Waals surface area contributed by atoms with E-state index in [0.29, 0.717) is 13.1 Å². The number of carbonyl (C=O) groups excluding carboxylic acids is 2. The molecule has 166 valence electrons. The fraction of sp³-hybridized carbons (Fsp3) is 0.458. The molecule has 0 bridgehead atoms. The minimum absolute atomic E-state index is 0.0200. The highest BCUT2D eigenvalue weighted by atomic mass is 16.5. The van der Waals surface area contributed by atoms with E-state index < -0.39 is 12.1 Å². The zero-order valence-electron chi connectivity index (χ0n) is 18.4. The Morgan fingerprint density at radius 2 is 1.71 bits per heavy atom. The van der Waals surface area contributed by atoms with Crippen LogP contribution in [0.2, 0.25) is 0 Å². The first-order valence-corrected chi connectivity index (χ1v) is 10.9. The van der Waals surface area contributed by atoms with Gasteiger partial charge in [0.15, 0.2) is 0 Å². The summed E-state index contributed by atoms with van der Waals surface area (Å²) in [6, 6.07) is 13.0. The Hall–Kier alpha value is -2.93. The third-order valence-corrected chi connectivity index (χ3v) is 5.80. The van der Waals surface area contributed by atoms with Crippen molar-refractivity contribution < 1.29 is 14.3 Å². The molecule has 0 unspecified atom stereocenters. The van der Waals surface area contributed by atoms with Crippen molar-refractivity contribution in [3.05, 3.63) is 66.0 Å². The molecule has 7 nitrogen and oxygen atoms in total. The van der Waals surface area contributed by atoms with E-state index in [0.717, 1.165) is 31.6 Å². The van der Waals surface area contributed by atoms with Crippen molar-refractivity contribution in [1.82, 2.24) is 20.1 Å². The Kier molecular flexibility index (Phi) is 8.41. The van der Waals surface area contributed by atoms with Gasteiger partial charge in [0, 0.05) is 45.1 Å². The average Bonchev–Trinajstić information content (AvgIpc) is 2.82. The van der Waals surface area contributed by atoms with Gasteiger partial charge in [-0.2, -0.15) is 0 Å². The molecular weight excluding hydrogens is 392 g/mol. The highest BCUT2D eigenvalue weighted by molar-refractivity contribution is 5.86. The molecule has 0 radical (unpaired) electrons. The molecule has 1 saturated heterocycles. The number of nitrogens with one attached hydrogen (secondary N) is 1. The first kappa shape index (κ1) is 22.7. The number of rotatable bonds is 8. The van der Waals surface area contributed by atoms with E-state index in [-0.39, 0.29) is 18.4 Å². The fourth-order valence-electron chi connectivity index (χ4n) is 3.64. The molecule has 1 aliphatic heterocycles. The van der Waals surface area contributed by atoms with Gasteiger partial charge >= 0.3 is 6.09 Å². The normalized spacial score (nSPS) is 16.4. The van der Waals surface area contributed by atoms with Crippen LogP contribution in [0.5, 0.6) is 0 Å². The standard InChI is InChI=1S/C24H32N4O3/c1-3-19(2)22(26-24(30)31-18-21-7-5-4-6-8-21)23(29)28-15-13-27(14-16-28)17-20-9-11-25-12-10-20/h4-12,19,22H,3,13-18H2,1-2H3,(H,26,30)/t19-,22-/m0/s1. The molecule has 2 aromatic rings. The summed E-state index contributed by atoms with van der Waals surface area (Å²) in [6.07, 6.45) is 3.83. The second kappa shape index (κ2) is 11.5. The van der Waals surface area contributed by atoms with Crippen molar-refractivity contribution in [2.75, 3.05) is 26.2 Å². The topological polar surface area (TPSA) is 74.8 Å². The van der Waals surface area contributed by atoms with Crippen LogP contribution >= 0.6 is 0 Å². The molecule has 0 saturated carbocycles. The van der Waals surface area contributed by atoms with Crippen molar-refractivity contribution in [2.45, 2.75) is 39.5 Å². The molecule has 31 heavy (non-hydrogen) atoms. The van der Waals surface area contributed by atoms with E-state index in [4.69, 9.17) is 4.74 Å². The van der Waals surface area contributed by atoms with Crippen molar-refractivity contribution in [3.63, 3.8) is 0 Å². The number of amides is 2. The van der Waals surface area contributed by atoms with E-state index in [1.54, 1.807) is 12.4 Å². The predicted molar refractivity (Wildman–Crippen MR) is 119 cm³/mol. The molecule has 3 rings (SSSR count). The van der Waals surface area contributed by atoms with Gasteiger partial charge < -0.3 is 15.0 Å². The number of ether oxygens (including phenoxy) is 1. The minimum atomic E-state index is -0.583. The van der Waals surface area contributed by atoms with Gasteiger partial charge in [-0.25, -0.2) is 4.79 Å². The molecule has 7 heteroatoms. The molecule has 2 heterocycles. The first-order valence-electron chi connectivity index (χ1n) is 10.9. The summed E-state index contributed by atoms with van der Waals surface area (Å²) in [7, 11) is 0. The summed E-state index contributed by atoms with van der Waals surface area (Å²) >= 11 is 0. The maximum Gasteiger partial charge on any atom is 0.408 e. The number of pyridine rings is 1. The smallest absolute Gasteiger partial charge is 0.408 e. The predicted octanol–water partition coefficient (Wildman–Crippen LogP) is 3.07. The largest absolute Gasteiger partial charge is 0.445 e. The van der Waals surface area contributed by atoms with Crippen LogP contribution in [0.15, 0.2) is 54.9 Å².